The number of hydrogen-bond donors (Lipinski definition) is 2. The van der Waals surface area contributed by atoms with Crippen LogP contribution in [0.2, 0.25) is 0 Å². The van der Waals surface area contributed by atoms with Crippen LogP contribution in [0, 0.1) is 6.92 Å². The average molecular weight is 309 g/mol. The first-order valence-corrected chi connectivity index (χ1v) is 7.90. The fraction of sp³-hybridized carbons (Fsp3) is 0.316. The predicted octanol–water partition coefficient (Wildman–Crippen LogP) is 3.46. The molecule has 120 valence electrons. The fourth-order valence-electron chi connectivity index (χ4n) is 2.96. The van der Waals surface area contributed by atoms with Gasteiger partial charge in [-0.05, 0) is 43.0 Å². The van der Waals surface area contributed by atoms with E-state index in [0.29, 0.717) is 5.96 Å². The second-order valence-corrected chi connectivity index (χ2v) is 6.15. The summed E-state index contributed by atoms with van der Waals surface area (Å²) in [5, 5.41) is 3.13. The van der Waals surface area contributed by atoms with Crippen LogP contribution in [0.25, 0.3) is 0 Å². The summed E-state index contributed by atoms with van der Waals surface area (Å²) in [7, 11) is 1.65. The maximum Gasteiger partial charge on any atom is 0.193 e. The molecular weight excluding hydrogens is 286 g/mol. The molecule has 0 bridgehead atoms. The number of nitrogens with zero attached hydrogens (tertiary/aromatic N) is 1. The first-order valence-electron chi connectivity index (χ1n) is 7.90. The Labute approximate surface area is 137 Å². The third kappa shape index (κ3) is 3.47. The highest BCUT2D eigenvalue weighted by Gasteiger charge is 2.44. The molecule has 2 aromatic carbocycles. The normalized spacial score (nSPS) is 16.0. The van der Waals surface area contributed by atoms with Gasteiger partial charge in [0, 0.05) is 17.2 Å². The molecule has 0 spiro atoms. The van der Waals surface area contributed by atoms with E-state index in [0.717, 1.165) is 18.0 Å². The molecule has 0 saturated heterocycles. The van der Waals surface area contributed by atoms with Crippen LogP contribution in [0.3, 0.4) is 0 Å². The summed E-state index contributed by atoms with van der Waals surface area (Å²) in [6.45, 7) is 2.89. The minimum absolute atomic E-state index is 0.173. The van der Waals surface area contributed by atoms with E-state index in [-0.39, 0.29) is 5.41 Å². The molecule has 1 saturated carbocycles. The summed E-state index contributed by atoms with van der Waals surface area (Å²) in [4.78, 5) is 4.57. The molecule has 0 amide bonds. The average Bonchev–Trinajstić information content (AvgIpc) is 3.35. The molecule has 2 aromatic rings. The van der Waals surface area contributed by atoms with Gasteiger partial charge in [0.25, 0.3) is 0 Å². The van der Waals surface area contributed by atoms with Crippen LogP contribution in [0.5, 0.6) is 5.75 Å². The van der Waals surface area contributed by atoms with Crippen LogP contribution in [-0.4, -0.2) is 19.6 Å². The number of ether oxygens (including phenoxy) is 1. The number of benzene rings is 2. The Balaban J connectivity index is 1.69. The van der Waals surface area contributed by atoms with Gasteiger partial charge >= 0.3 is 0 Å². The predicted molar refractivity (Wildman–Crippen MR) is 95.2 cm³/mol. The van der Waals surface area contributed by atoms with Gasteiger partial charge in [0.2, 0.25) is 0 Å². The largest absolute Gasteiger partial charge is 0.497 e. The van der Waals surface area contributed by atoms with Crippen molar-refractivity contribution in [3.8, 4) is 5.75 Å². The summed E-state index contributed by atoms with van der Waals surface area (Å²) < 4.78 is 5.21. The van der Waals surface area contributed by atoms with Crippen LogP contribution in [0.15, 0.2) is 53.5 Å². The van der Waals surface area contributed by atoms with Gasteiger partial charge in [-0.2, -0.15) is 0 Å². The lowest BCUT2D eigenvalue weighted by atomic mass is 9.92. The van der Waals surface area contributed by atoms with Crippen molar-refractivity contribution in [2.24, 2.45) is 10.7 Å². The summed E-state index contributed by atoms with van der Waals surface area (Å²) >= 11 is 0. The van der Waals surface area contributed by atoms with Crippen molar-refractivity contribution >= 4 is 11.6 Å². The van der Waals surface area contributed by atoms with Crippen molar-refractivity contribution in [2.75, 3.05) is 19.0 Å². The van der Waals surface area contributed by atoms with Crippen molar-refractivity contribution in [1.29, 1.82) is 0 Å². The number of hydrogen-bond acceptors (Lipinski definition) is 2. The van der Waals surface area contributed by atoms with E-state index < -0.39 is 0 Å². The number of nitrogens with two attached hydrogens (primary N) is 1. The molecule has 3 N–H and O–H groups in total. The number of nitrogens with one attached hydrogen (secondary N) is 1. The number of guanidine groups is 1. The molecule has 0 heterocycles. The maximum absolute atomic E-state index is 6.05. The number of aliphatic imine (C=N–C) groups is 1. The van der Waals surface area contributed by atoms with Gasteiger partial charge in [0.15, 0.2) is 5.96 Å². The minimum Gasteiger partial charge on any atom is -0.497 e. The molecule has 0 aliphatic heterocycles. The zero-order valence-corrected chi connectivity index (χ0v) is 13.7. The third-order valence-electron chi connectivity index (χ3n) is 4.46. The lowest BCUT2D eigenvalue weighted by Crippen LogP contribution is -2.25. The molecule has 0 atom stereocenters. The Hall–Kier alpha value is -2.49. The second kappa shape index (κ2) is 6.32. The van der Waals surface area contributed by atoms with E-state index in [1.165, 1.54) is 24.0 Å². The van der Waals surface area contributed by atoms with Gasteiger partial charge in [0.05, 0.1) is 13.7 Å². The highest BCUT2D eigenvalue weighted by molar-refractivity contribution is 5.92. The van der Waals surface area contributed by atoms with Gasteiger partial charge in [-0.1, -0.05) is 30.3 Å². The Morgan fingerprint density at radius 1 is 1.22 bits per heavy atom. The van der Waals surface area contributed by atoms with Crippen LogP contribution in [-0.2, 0) is 5.41 Å². The maximum atomic E-state index is 6.05. The van der Waals surface area contributed by atoms with E-state index >= 15 is 0 Å². The number of methoxy groups -OCH3 is 1. The van der Waals surface area contributed by atoms with Gasteiger partial charge < -0.3 is 15.8 Å². The summed E-state index contributed by atoms with van der Waals surface area (Å²) in [5.41, 5.74) is 9.83. The molecule has 1 aliphatic rings. The Morgan fingerprint density at radius 3 is 2.70 bits per heavy atom. The summed E-state index contributed by atoms with van der Waals surface area (Å²) in [6.07, 6.45) is 2.35. The van der Waals surface area contributed by atoms with Crippen LogP contribution < -0.4 is 15.8 Å². The van der Waals surface area contributed by atoms with Gasteiger partial charge in [-0.15, -0.1) is 0 Å². The molecule has 0 radical (unpaired) electrons. The number of aryl methyl sites for hydroxylation is 1. The molecule has 1 aliphatic carbocycles. The minimum atomic E-state index is 0.173. The first-order chi connectivity index (χ1) is 11.1. The molecule has 0 aromatic heterocycles. The third-order valence-corrected chi connectivity index (χ3v) is 4.46. The molecule has 3 rings (SSSR count). The van der Waals surface area contributed by atoms with Crippen LogP contribution >= 0.6 is 0 Å². The monoisotopic (exact) mass is 309 g/mol. The molecule has 4 heteroatoms. The summed E-state index contributed by atoms with van der Waals surface area (Å²) in [6, 6.07) is 16.2. The van der Waals surface area contributed by atoms with Crippen molar-refractivity contribution in [2.45, 2.75) is 25.2 Å². The molecule has 1 fully saturated rings. The molecular formula is C19H23N3O. The standard InChI is InChI=1S/C19H23N3O/c1-14-6-3-4-9-17(14)19(10-11-19)13-21-18(20)22-15-7-5-8-16(12-15)23-2/h3-9,12H,10-11,13H2,1-2H3,(H3,20,21,22). The van der Waals surface area contributed by atoms with Crippen molar-refractivity contribution in [3.05, 3.63) is 59.7 Å². The fourth-order valence-corrected chi connectivity index (χ4v) is 2.96. The van der Waals surface area contributed by atoms with Gasteiger partial charge in [-0.3, -0.25) is 4.99 Å². The Kier molecular flexibility index (Phi) is 4.24. The zero-order chi connectivity index (χ0) is 16.3. The van der Waals surface area contributed by atoms with Gasteiger partial charge in [-0.25, -0.2) is 0 Å². The van der Waals surface area contributed by atoms with Crippen molar-refractivity contribution < 1.29 is 4.74 Å². The van der Waals surface area contributed by atoms with Crippen molar-refractivity contribution in [3.63, 3.8) is 0 Å². The number of anilines is 1. The Bertz CT molecular complexity index is 720. The lowest BCUT2D eigenvalue weighted by Gasteiger charge is -2.16. The Morgan fingerprint density at radius 2 is 2.00 bits per heavy atom. The van der Waals surface area contributed by atoms with E-state index in [4.69, 9.17) is 10.5 Å². The van der Waals surface area contributed by atoms with E-state index in [1.54, 1.807) is 7.11 Å². The second-order valence-electron chi connectivity index (χ2n) is 6.15. The van der Waals surface area contributed by atoms with E-state index in [1.807, 2.05) is 24.3 Å². The summed E-state index contributed by atoms with van der Waals surface area (Å²) in [5.74, 6) is 1.24. The van der Waals surface area contributed by atoms with Crippen LogP contribution in [0.1, 0.15) is 24.0 Å². The smallest absolute Gasteiger partial charge is 0.193 e. The first kappa shape index (κ1) is 15.4. The lowest BCUT2D eigenvalue weighted by molar-refractivity contribution is 0.415. The van der Waals surface area contributed by atoms with Crippen LogP contribution in [0.4, 0.5) is 5.69 Å². The molecule has 0 unspecified atom stereocenters. The zero-order valence-electron chi connectivity index (χ0n) is 13.7. The highest BCUT2D eigenvalue weighted by Crippen LogP contribution is 2.49. The quantitative estimate of drug-likeness (QED) is 0.657. The van der Waals surface area contributed by atoms with E-state index in [2.05, 4.69) is 41.5 Å². The molecule has 23 heavy (non-hydrogen) atoms. The molecule has 4 nitrogen and oxygen atoms in total. The topological polar surface area (TPSA) is 59.6 Å². The van der Waals surface area contributed by atoms with E-state index in [9.17, 15) is 0 Å². The highest BCUT2D eigenvalue weighted by atomic mass is 16.5. The SMILES string of the molecule is COc1cccc(NC(N)=NCC2(c3ccccc3C)CC2)c1. The number of rotatable bonds is 5. The van der Waals surface area contributed by atoms with Crippen molar-refractivity contribution in [1.82, 2.24) is 0 Å². The van der Waals surface area contributed by atoms with Gasteiger partial charge in [0.1, 0.15) is 5.75 Å².